The highest BCUT2D eigenvalue weighted by Gasteiger charge is 2.34. The number of nitrogens with zero attached hydrogens (tertiary/aromatic N) is 2. The van der Waals surface area contributed by atoms with Gasteiger partial charge in [-0.15, -0.1) is 0 Å². The molecule has 0 amide bonds. The molecule has 0 bridgehead atoms. The van der Waals surface area contributed by atoms with Gasteiger partial charge in [0.05, 0.1) is 5.25 Å². The van der Waals surface area contributed by atoms with Gasteiger partial charge in [-0.1, -0.05) is 40.0 Å². The van der Waals surface area contributed by atoms with E-state index in [-0.39, 0.29) is 15.8 Å². The monoisotopic (exact) mass is 334 g/mol. The van der Waals surface area contributed by atoms with Crippen molar-refractivity contribution in [3.63, 3.8) is 0 Å². The molecule has 2 rings (SSSR count). The smallest absolute Gasteiger partial charge is 0.184 e. The topological polar surface area (TPSA) is 70.8 Å². The summed E-state index contributed by atoms with van der Waals surface area (Å²) in [5.74, 6) is 0. The third kappa shape index (κ3) is 3.28. The fourth-order valence-electron chi connectivity index (χ4n) is 3.72. The van der Waals surface area contributed by atoms with Crippen LogP contribution >= 0.6 is 0 Å². The maximum atomic E-state index is 13.2. The van der Waals surface area contributed by atoms with Gasteiger partial charge in [0.25, 0.3) is 0 Å². The molecule has 1 aromatic heterocycles. The lowest BCUT2D eigenvalue weighted by Crippen LogP contribution is -2.27. The molecule has 0 aromatic carbocycles. The van der Waals surface area contributed by atoms with E-state index in [9.17, 15) is 13.7 Å². The van der Waals surface area contributed by atoms with Crippen molar-refractivity contribution < 1.29 is 8.42 Å². The molecule has 0 saturated heterocycles. The Morgan fingerprint density at radius 3 is 2.13 bits per heavy atom. The lowest BCUT2D eigenvalue weighted by Gasteiger charge is -2.25. The van der Waals surface area contributed by atoms with Gasteiger partial charge in [0, 0.05) is 5.69 Å². The number of pyridine rings is 1. The second-order valence-electron chi connectivity index (χ2n) is 6.17. The molecule has 0 unspecified atom stereocenters. The van der Waals surface area contributed by atoms with Gasteiger partial charge in [-0.3, -0.25) is 0 Å². The van der Waals surface area contributed by atoms with Crippen LogP contribution in [0.15, 0.2) is 4.90 Å². The minimum Gasteiger partial charge on any atom is -0.240 e. The molecular formula is C18H26N2O2S. The fraction of sp³-hybridized carbons (Fsp3) is 0.667. The van der Waals surface area contributed by atoms with Crippen LogP contribution < -0.4 is 0 Å². The molecular weight excluding hydrogens is 308 g/mol. The molecule has 1 aliphatic carbocycles. The molecule has 0 spiro atoms. The molecule has 1 aliphatic rings. The highest BCUT2D eigenvalue weighted by Crippen LogP contribution is 2.34. The summed E-state index contributed by atoms with van der Waals surface area (Å²) < 4.78 is 26.4. The van der Waals surface area contributed by atoms with Crippen molar-refractivity contribution in [3.8, 4) is 6.07 Å². The molecule has 126 valence electrons. The molecule has 5 heteroatoms. The van der Waals surface area contributed by atoms with Crippen LogP contribution in [0.3, 0.4) is 0 Å². The van der Waals surface area contributed by atoms with Gasteiger partial charge in [-0.05, 0) is 43.2 Å². The lowest BCUT2D eigenvalue weighted by molar-refractivity contribution is 0.483. The SMILES string of the molecule is CCc1nc(C#N)c(S(=O)(=O)C2CCCCC2)c(CC)c1CC. The Kier molecular flexibility index (Phi) is 5.80. The molecule has 23 heavy (non-hydrogen) atoms. The van der Waals surface area contributed by atoms with Crippen molar-refractivity contribution in [2.75, 3.05) is 0 Å². The Morgan fingerprint density at radius 2 is 1.65 bits per heavy atom. The maximum absolute atomic E-state index is 13.2. The summed E-state index contributed by atoms with van der Waals surface area (Å²) >= 11 is 0. The van der Waals surface area contributed by atoms with Crippen LogP contribution in [0.1, 0.15) is 75.4 Å². The maximum Gasteiger partial charge on any atom is 0.184 e. The van der Waals surface area contributed by atoms with Gasteiger partial charge in [0.2, 0.25) is 0 Å². The average molecular weight is 334 g/mol. The van der Waals surface area contributed by atoms with Crippen molar-refractivity contribution in [3.05, 3.63) is 22.5 Å². The van der Waals surface area contributed by atoms with Crippen LogP contribution in [-0.2, 0) is 29.1 Å². The van der Waals surface area contributed by atoms with Gasteiger partial charge < -0.3 is 0 Å². The van der Waals surface area contributed by atoms with Gasteiger partial charge in [-0.2, -0.15) is 5.26 Å². The molecule has 1 aromatic rings. The summed E-state index contributed by atoms with van der Waals surface area (Å²) in [6, 6.07) is 2.05. The van der Waals surface area contributed by atoms with E-state index in [4.69, 9.17) is 0 Å². The Hall–Kier alpha value is -1.41. The molecule has 0 aliphatic heterocycles. The van der Waals surface area contributed by atoms with Gasteiger partial charge in [0.15, 0.2) is 15.5 Å². The highest BCUT2D eigenvalue weighted by molar-refractivity contribution is 7.92. The predicted octanol–water partition coefficient (Wildman–Crippen LogP) is 3.75. The van der Waals surface area contributed by atoms with E-state index in [0.29, 0.717) is 25.7 Å². The molecule has 0 atom stereocenters. The third-order valence-corrected chi connectivity index (χ3v) is 7.23. The quantitative estimate of drug-likeness (QED) is 0.822. The molecule has 0 radical (unpaired) electrons. The molecule has 1 heterocycles. The van der Waals surface area contributed by atoms with E-state index in [0.717, 1.165) is 42.5 Å². The third-order valence-electron chi connectivity index (χ3n) is 4.87. The zero-order valence-corrected chi connectivity index (χ0v) is 15.2. The second kappa shape index (κ2) is 7.44. The van der Waals surface area contributed by atoms with E-state index in [1.54, 1.807) is 0 Å². The minimum absolute atomic E-state index is 0.0986. The Bertz CT molecular complexity index is 712. The first kappa shape index (κ1) is 17.9. The molecule has 0 N–H and O–H groups in total. The first-order chi connectivity index (χ1) is 11.0. The summed E-state index contributed by atoms with van der Waals surface area (Å²) in [4.78, 5) is 4.64. The lowest BCUT2D eigenvalue weighted by atomic mass is 9.99. The summed E-state index contributed by atoms with van der Waals surface area (Å²) in [7, 11) is -3.49. The number of hydrogen-bond acceptors (Lipinski definition) is 4. The van der Waals surface area contributed by atoms with Crippen LogP contribution in [0.25, 0.3) is 0 Å². The fourth-order valence-corrected chi connectivity index (χ4v) is 5.97. The molecule has 1 fully saturated rings. The number of sulfone groups is 1. The van der Waals surface area contributed by atoms with E-state index in [1.165, 1.54) is 0 Å². The van der Waals surface area contributed by atoms with E-state index in [2.05, 4.69) is 11.1 Å². The van der Waals surface area contributed by atoms with E-state index < -0.39 is 9.84 Å². The summed E-state index contributed by atoms with van der Waals surface area (Å²) in [6.07, 6.45) is 6.50. The van der Waals surface area contributed by atoms with Crippen molar-refractivity contribution in [1.82, 2.24) is 4.98 Å². The Morgan fingerprint density at radius 1 is 1.04 bits per heavy atom. The number of rotatable bonds is 5. The van der Waals surface area contributed by atoms with Crippen LogP contribution in [0.5, 0.6) is 0 Å². The zero-order valence-electron chi connectivity index (χ0n) is 14.4. The average Bonchev–Trinajstić information content (AvgIpc) is 2.60. The van der Waals surface area contributed by atoms with Crippen molar-refractivity contribution >= 4 is 9.84 Å². The zero-order chi connectivity index (χ0) is 17.0. The number of hydrogen-bond donors (Lipinski definition) is 0. The Balaban J connectivity index is 2.71. The first-order valence-corrected chi connectivity index (χ1v) is 10.2. The van der Waals surface area contributed by atoms with Crippen molar-refractivity contribution in [2.24, 2.45) is 0 Å². The number of aryl methyl sites for hydroxylation is 1. The summed E-state index contributed by atoms with van der Waals surface area (Å²) in [6.45, 7) is 5.99. The molecule has 1 saturated carbocycles. The molecule has 4 nitrogen and oxygen atoms in total. The van der Waals surface area contributed by atoms with Crippen LogP contribution in [0, 0.1) is 11.3 Å². The second-order valence-corrected chi connectivity index (χ2v) is 8.34. The van der Waals surface area contributed by atoms with Crippen LogP contribution in [0.2, 0.25) is 0 Å². The minimum atomic E-state index is -3.49. The predicted molar refractivity (Wildman–Crippen MR) is 91.1 cm³/mol. The van der Waals surface area contributed by atoms with Gasteiger partial charge >= 0.3 is 0 Å². The highest BCUT2D eigenvalue weighted by atomic mass is 32.2. The number of aromatic nitrogens is 1. The van der Waals surface area contributed by atoms with Gasteiger partial charge in [0.1, 0.15) is 11.0 Å². The van der Waals surface area contributed by atoms with E-state index in [1.807, 2.05) is 20.8 Å². The summed E-state index contributed by atoms with van der Waals surface area (Å²) in [5.41, 5.74) is 2.80. The van der Waals surface area contributed by atoms with Crippen LogP contribution in [-0.4, -0.2) is 18.7 Å². The first-order valence-electron chi connectivity index (χ1n) is 8.69. The number of nitriles is 1. The summed E-state index contributed by atoms with van der Waals surface area (Å²) in [5, 5.41) is 9.15. The van der Waals surface area contributed by atoms with E-state index >= 15 is 0 Å². The van der Waals surface area contributed by atoms with Crippen molar-refractivity contribution in [1.29, 1.82) is 5.26 Å². The van der Waals surface area contributed by atoms with Crippen LogP contribution in [0.4, 0.5) is 0 Å². The van der Waals surface area contributed by atoms with Gasteiger partial charge in [-0.25, -0.2) is 13.4 Å². The Labute approximate surface area is 139 Å². The van der Waals surface area contributed by atoms with Crippen molar-refractivity contribution in [2.45, 2.75) is 82.3 Å². The standard InChI is InChI=1S/C18H26N2O2S/c1-4-14-15(5-2)18(17(12-19)20-16(14)6-3)23(21,22)13-10-8-7-9-11-13/h13H,4-11H2,1-3H3. The normalized spacial score (nSPS) is 16.3. The largest absolute Gasteiger partial charge is 0.240 e.